The SMILES string of the molecule is CCOC1(CN)CCCN(C(C)C)C1. The van der Waals surface area contributed by atoms with E-state index in [2.05, 4.69) is 18.7 Å². The highest BCUT2D eigenvalue weighted by molar-refractivity contribution is 4.90. The molecule has 1 aliphatic rings. The van der Waals surface area contributed by atoms with Crippen LogP contribution in [0.25, 0.3) is 0 Å². The average Bonchev–Trinajstić information content (AvgIpc) is 2.18. The van der Waals surface area contributed by atoms with Crippen LogP contribution in [-0.4, -0.2) is 42.8 Å². The van der Waals surface area contributed by atoms with Crippen LogP contribution in [0.2, 0.25) is 0 Å². The highest BCUT2D eigenvalue weighted by Crippen LogP contribution is 2.25. The molecule has 0 bridgehead atoms. The van der Waals surface area contributed by atoms with E-state index in [1.165, 1.54) is 13.0 Å². The second-order valence-corrected chi connectivity index (χ2v) is 4.49. The van der Waals surface area contributed by atoms with Gasteiger partial charge in [-0.3, -0.25) is 4.90 Å². The molecule has 0 aromatic rings. The second-order valence-electron chi connectivity index (χ2n) is 4.49. The zero-order valence-electron chi connectivity index (χ0n) is 9.75. The van der Waals surface area contributed by atoms with Crippen molar-refractivity contribution in [2.24, 2.45) is 5.73 Å². The molecule has 0 amide bonds. The summed E-state index contributed by atoms with van der Waals surface area (Å²) in [6.07, 6.45) is 2.32. The average molecular weight is 200 g/mol. The van der Waals surface area contributed by atoms with Crippen LogP contribution in [0, 0.1) is 0 Å². The van der Waals surface area contributed by atoms with Crippen molar-refractivity contribution in [1.29, 1.82) is 0 Å². The van der Waals surface area contributed by atoms with E-state index in [0.717, 1.165) is 19.6 Å². The lowest BCUT2D eigenvalue weighted by Gasteiger charge is -2.43. The molecule has 0 saturated carbocycles. The topological polar surface area (TPSA) is 38.5 Å². The van der Waals surface area contributed by atoms with Crippen molar-refractivity contribution in [2.75, 3.05) is 26.2 Å². The lowest BCUT2D eigenvalue weighted by Crippen LogP contribution is -2.55. The van der Waals surface area contributed by atoms with Gasteiger partial charge in [-0.2, -0.15) is 0 Å². The van der Waals surface area contributed by atoms with Crippen molar-refractivity contribution >= 4 is 0 Å². The van der Waals surface area contributed by atoms with E-state index >= 15 is 0 Å². The smallest absolute Gasteiger partial charge is 0.0930 e. The van der Waals surface area contributed by atoms with Crippen LogP contribution in [-0.2, 0) is 4.74 Å². The highest BCUT2D eigenvalue weighted by atomic mass is 16.5. The maximum Gasteiger partial charge on any atom is 0.0930 e. The molecule has 1 atom stereocenters. The molecule has 3 nitrogen and oxygen atoms in total. The Morgan fingerprint density at radius 2 is 2.21 bits per heavy atom. The number of hydrogen-bond donors (Lipinski definition) is 1. The van der Waals surface area contributed by atoms with Crippen molar-refractivity contribution in [3.8, 4) is 0 Å². The largest absolute Gasteiger partial charge is 0.373 e. The number of nitrogens with zero attached hydrogens (tertiary/aromatic N) is 1. The summed E-state index contributed by atoms with van der Waals surface area (Å²) in [7, 11) is 0. The van der Waals surface area contributed by atoms with Crippen molar-refractivity contribution in [3.63, 3.8) is 0 Å². The number of rotatable bonds is 4. The van der Waals surface area contributed by atoms with E-state index in [9.17, 15) is 0 Å². The maximum atomic E-state index is 5.84. The molecule has 0 radical (unpaired) electrons. The normalized spacial score (nSPS) is 29.8. The predicted molar refractivity (Wildman–Crippen MR) is 59.4 cm³/mol. The minimum Gasteiger partial charge on any atom is -0.373 e. The van der Waals surface area contributed by atoms with Gasteiger partial charge in [0.05, 0.1) is 5.60 Å². The lowest BCUT2D eigenvalue weighted by atomic mass is 9.92. The standard InChI is InChI=1S/C11H24N2O/c1-4-14-11(8-12)6-5-7-13(9-11)10(2)3/h10H,4-9,12H2,1-3H3. The molecule has 0 aromatic carbocycles. The van der Waals surface area contributed by atoms with E-state index in [1.54, 1.807) is 0 Å². The highest BCUT2D eigenvalue weighted by Gasteiger charge is 2.35. The molecule has 1 saturated heterocycles. The third-order valence-corrected chi connectivity index (χ3v) is 3.12. The first-order valence-corrected chi connectivity index (χ1v) is 5.71. The summed E-state index contributed by atoms with van der Waals surface area (Å²) >= 11 is 0. The van der Waals surface area contributed by atoms with Gasteiger partial charge in [0.2, 0.25) is 0 Å². The molecule has 1 rings (SSSR count). The minimum atomic E-state index is -0.0722. The zero-order valence-corrected chi connectivity index (χ0v) is 9.75. The molecule has 1 unspecified atom stereocenters. The fourth-order valence-corrected chi connectivity index (χ4v) is 2.22. The van der Waals surface area contributed by atoms with Crippen LogP contribution in [0.15, 0.2) is 0 Å². The Bertz CT molecular complexity index is 169. The van der Waals surface area contributed by atoms with Gasteiger partial charge in [-0.15, -0.1) is 0 Å². The minimum absolute atomic E-state index is 0.0722. The summed E-state index contributed by atoms with van der Waals surface area (Å²) in [5.74, 6) is 0. The molecule has 3 heteroatoms. The Hall–Kier alpha value is -0.120. The zero-order chi connectivity index (χ0) is 10.6. The molecule has 0 aromatic heterocycles. The fourth-order valence-electron chi connectivity index (χ4n) is 2.22. The third-order valence-electron chi connectivity index (χ3n) is 3.12. The van der Waals surface area contributed by atoms with Gasteiger partial charge in [0.1, 0.15) is 0 Å². The molecular weight excluding hydrogens is 176 g/mol. The van der Waals surface area contributed by atoms with Crippen LogP contribution in [0.4, 0.5) is 0 Å². The molecule has 0 aliphatic carbocycles. The third kappa shape index (κ3) is 2.69. The van der Waals surface area contributed by atoms with Gasteiger partial charge < -0.3 is 10.5 Å². The Balaban J connectivity index is 2.59. The monoisotopic (exact) mass is 200 g/mol. The molecule has 14 heavy (non-hydrogen) atoms. The molecule has 2 N–H and O–H groups in total. The van der Waals surface area contributed by atoms with Crippen molar-refractivity contribution < 1.29 is 4.74 Å². The number of ether oxygens (including phenoxy) is 1. The van der Waals surface area contributed by atoms with Crippen LogP contribution in [0.1, 0.15) is 33.6 Å². The van der Waals surface area contributed by atoms with E-state index < -0.39 is 0 Å². The lowest BCUT2D eigenvalue weighted by molar-refractivity contribution is -0.0847. The predicted octanol–water partition coefficient (Wildman–Crippen LogP) is 1.22. The van der Waals surface area contributed by atoms with Gasteiger partial charge in [-0.1, -0.05) is 0 Å². The summed E-state index contributed by atoms with van der Waals surface area (Å²) < 4.78 is 5.83. The summed E-state index contributed by atoms with van der Waals surface area (Å²) in [6, 6.07) is 0.599. The van der Waals surface area contributed by atoms with E-state index in [0.29, 0.717) is 12.6 Å². The van der Waals surface area contributed by atoms with Gasteiger partial charge in [-0.05, 0) is 40.2 Å². The molecule has 84 valence electrons. The van der Waals surface area contributed by atoms with Crippen molar-refractivity contribution in [2.45, 2.75) is 45.3 Å². The Morgan fingerprint density at radius 1 is 1.50 bits per heavy atom. The Labute approximate surface area is 87.6 Å². The summed E-state index contributed by atoms with van der Waals surface area (Å²) in [5, 5.41) is 0. The first kappa shape index (κ1) is 12.0. The Kier molecular flexibility index (Phi) is 4.35. The van der Waals surface area contributed by atoms with Crippen molar-refractivity contribution in [3.05, 3.63) is 0 Å². The van der Waals surface area contributed by atoms with Gasteiger partial charge in [0, 0.05) is 25.7 Å². The summed E-state index contributed by atoms with van der Waals surface area (Å²) in [4.78, 5) is 2.46. The maximum absolute atomic E-state index is 5.84. The van der Waals surface area contributed by atoms with Crippen LogP contribution < -0.4 is 5.73 Å². The number of piperidine rings is 1. The van der Waals surface area contributed by atoms with Crippen LogP contribution in [0.5, 0.6) is 0 Å². The van der Waals surface area contributed by atoms with Gasteiger partial charge in [-0.25, -0.2) is 0 Å². The fraction of sp³-hybridized carbons (Fsp3) is 1.00. The van der Waals surface area contributed by atoms with Gasteiger partial charge in [0.25, 0.3) is 0 Å². The quantitative estimate of drug-likeness (QED) is 0.741. The van der Waals surface area contributed by atoms with E-state index in [1.807, 2.05) is 6.92 Å². The van der Waals surface area contributed by atoms with Crippen LogP contribution >= 0.6 is 0 Å². The van der Waals surface area contributed by atoms with Gasteiger partial charge in [0.15, 0.2) is 0 Å². The first-order chi connectivity index (χ1) is 6.63. The molecular formula is C11H24N2O. The number of hydrogen-bond acceptors (Lipinski definition) is 3. The second kappa shape index (κ2) is 5.10. The van der Waals surface area contributed by atoms with Crippen molar-refractivity contribution in [1.82, 2.24) is 4.90 Å². The Morgan fingerprint density at radius 3 is 2.71 bits per heavy atom. The molecule has 1 fully saturated rings. The number of likely N-dealkylation sites (tertiary alicyclic amines) is 1. The molecule has 1 heterocycles. The first-order valence-electron chi connectivity index (χ1n) is 5.71. The van der Waals surface area contributed by atoms with Crippen LogP contribution in [0.3, 0.4) is 0 Å². The summed E-state index contributed by atoms with van der Waals surface area (Å²) in [5.41, 5.74) is 5.76. The molecule has 0 spiro atoms. The van der Waals surface area contributed by atoms with Gasteiger partial charge >= 0.3 is 0 Å². The number of nitrogens with two attached hydrogens (primary N) is 1. The summed E-state index contributed by atoms with van der Waals surface area (Å²) in [6.45, 7) is 10.1. The molecule has 1 aliphatic heterocycles. The van der Waals surface area contributed by atoms with E-state index in [-0.39, 0.29) is 5.60 Å². The van der Waals surface area contributed by atoms with E-state index in [4.69, 9.17) is 10.5 Å².